The number of aryl methyl sites for hydroxylation is 1. The molecule has 0 amide bonds. The summed E-state index contributed by atoms with van der Waals surface area (Å²) in [7, 11) is 0. The molecule has 2 rings (SSSR count). The second kappa shape index (κ2) is 7.57. The van der Waals surface area contributed by atoms with Crippen molar-refractivity contribution in [2.24, 2.45) is 0 Å². The van der Waals surface area contributed by atoms with E-state index >= 15 is 0 Å². The summed E-state index contributed by atoms with van der Waals surface area (Å²) in [5.41, 5.74) is 4.52. The molecule has 2 aromatic rings. The first-order chi connectivity index (χ1) is 9.78. The van der Waals surface area contributed by atoms with E-state index in [2.05, 4.69) is 49.4 Å². The SMILES string of the molecule is Cc1ccc(C=CCSCc2ccc(C#N)cc2)cc1. The lowest BCUT2D eigenvalue weighted by molar-refractivity contribution is 1.39. The Morgan fingerprint density at radius 3 is 2.40 bits per heavy atom. The Morgan fingerprint density at radius 1 is 1.05 bits per heavy atom. The molecule has 0 bridgehead atoms. The van der Waals surface area contributed by atoms with E-state index < -0.39 is 0 Å². The van der Waals surface area contributed by atoms with Crippen molar-refractivity contribution in [1.82, 2.24) is 0 Å². The van der Waals surface area contributed by atoms with Gasteiger partial charge in [-0.25, -0.2) is 0 Å². The topological polar surface area (TPSA) is 23.8 Å². The summed E-state index contributed by atoms with van der Waals surface area (Å²) >= 11 is 1.87. The number of nitriles is 1. The van der Waals surface area contributed by atoms with Gasteiger partial charge in [-0.05, 0) is 30.2 Å². The van der Waals surface area contributed by atoms with Gasteiger partial charge in [0.2, 0.25) is 0 Å². The quantitative estimate of drug-likeness (QED) is 0.733. The van der Waals surface area contributed by atoms with E-state index in [0.29, 0.717) is 0 Å². The predicted molar refractivity (Wildman–Crippen MR) is 87.5 cm³/mol. The van der Waals surface area contributed by atoms with Gasteiger partial charge in [-0.1, -0.05) is 54.1 Å². The van der Waals surface area contributed by atoms with Crippen molar-refractivity contribution in [3.05, 3.63) is 76.9 Å². The molecule has 0 fully saturated rings. The normalized spacial score (nSPS) is 10.6. The lowest BCUT2D eigenvalue weighted by atomic mass is 10.1. The molecular weight excluding hydrogens is 262 g/mol. The number of nitrogens with zero attached hydrogens (tertiary/aromatic N) is 1. The Morgan fingerprint density at radius 2 is 1.75 bits per heavy atom. The smallest absolute Gasteiger partial charge is 0.0991 e. The van der Waals surface area contributed by atoms with Crippen molar-refractivity contribution in [3.63, 3.8) is 0 Å². The molecule has 0 unspecified atom stereocenters. The standard InChI is InChI=1S/C18H17NS/c1-15-4-6-16(7-5-15)3-2-12-20-14-18-10-8-17(13-19)9-11-18/h2-11H,12,14H2,1H3. The van der Waals surface area contributed by atoms with Gasteiger partial charge in [0.25, 0.3) is 0 Å². The zero-order valence-corrected chi connectivity index (χ0v) is 12.4. The minimum Gasteiger partial charge on any atom is -0.192 e. The monoisotopic (exact) mass is 279 g/mol. The lowest BCUT2D eigenvalue weighted by Crippen LogP contribution is -1.82. The number of thioether (sulfide) groups is 1. The van der Waals surface area contributed by atoms with Crippen molar-refractivity contribution in [3.8, 4) is 6.07 Å². The van der Waals surface area contributed by atoms with Crippen LogP contribution in [0.2, 0.25) is 0 Å². The van der Waals surface area contributed by atoms with E-state index in [1.165, 1.54) is 16.7 Å². The fourth-order valence-corrected chi connectivity index (χ4v) is 2.56. The molecule has 0 heterocycles. The molecule has 0 aromatic heterocycles. The van der Waals surface area contributed by atoms with Crippen LogP contribution in [0.15, 0.2) is 54.6 Å². The molecule has 0 spiro atoms. The third-order valence-electron chi connectivity index (χ3n) is 2.95. The second-order valence-corrected chi connectivity index (χ2v) is 5.67. The molecule has 0 N–H and O–H groups in total. The predicted octanol–water partition coefficient (Wildman–Crippen LogP) is 4.81. The minimum atomic E-state index is 0.720. The van der Waals surface area contributed by atoms with Gasteiger partial charge in [-0.15, -0.1) is 0 Å². The molecule has 0 aliphatic heterocycles. The maximum absolute atomic E-state index is 8.74. The Hall–Kier alpha value is -1.98. The Labute approximate surface area is 125 Å². The molecule has 1 nitrogen and oxygen atoms in total. The first kappa shape index (κ1) is 14.4. The van der Waals surface area contributed by atoms with Crippen LogP contribution in [-0.2, 0) is 5.75 Å². The third-order valence-corrected chi connectivity index (χ3v) is 3.92. The molecular formula is C18H17NS. The van der Waals surface area contributed by atoms with E-state index in [9.17, 15) is 0 Å². The zero-order chi connectivity index (χ0) is 14.2. The van der Waals surface area contributed by atoms with Crippen LogP contribution in [0.3, 0.4) is 0 Å². The van der Waals surface area contributed by atoms with Gasteiger partial charge >= 0.3 is 0 Å². The van der Waals surface area contributed by atoms with Gasteiger partial charge in [0, 0.05) is 11.5 Å². The maximum atomic E-state index is 8.74. The lowest BCUT2D eigenvalue weighted by Gasteiger charge is -1.99. The molecule has 20 heavy (non-hydrogen) atoms. The summed E-state index contributed by atoms with van der Waals surface area (Å²) in [6.45, 7) is 2.10. The van der Waals surface area contributed by atoms with Gasteiger partial charge in [-0.3, -0.25) is 0 Å². The molecule has 0 saturated carbocycles. The van der Waals surface area contributed by atoms with E-state index in [1.54, 1.807) is 0 Å². The van der Waals surface area contributed by atoms with Crippen LogP contribution in [0.25, 0.3) is 6.08 Å². The first-order valence-corrected chi connectivity index (χ1v) is 7.73. The van der Waals surface area contributed by atoms with Crippen molar-refractivity contribution in [1.29, 1.82) is 5.26 Å². The van der Waals surface area contributed by atoms with Crippen LogP contribution in [0.4, 0.5) is 0 Å². The van der Waals surface area contributed by atoms with Crippen molar-refractivity contribution >= 4 is 17.8 Å². The number of benzene rings is 2. The van der Waals surface area contributed by atoms with Crippen LogP contribution in [0.1, 0.15) is 22.3 Å². The second-order valence-electron chi connectivity index (χ2n) is 4.64. The van der Waals surface area contributed by atoms with Gasteiger partial charge in [0.15, 0.2) is 0 Å². The highest BCUT2D eigenvalue weighted by atomic mass is 32.2. The van der Waals surface area contributed by atoms with Crippen molar-refractivity contribution in [2.45, 2.75) is 12.7 Å². The largest absolute Gasteiger partial charge is 0.192 e. The molecule has 0 aliphatic carbocycles. The van der Waals surface area contributed by atoms with E-state index in [0.717, 1.165) is 17.1 Å². The number of rotatable bonds is 5. The van der Waals surface area contributed by atoms with E-state index in [-0.39, 0.29) is 0 Å². The highest BCUT2D eigenvalue weighted by molar-refractivity contribution is 7.98. The fraction of sp³-hybridized carbons (Fsp3) is 0.167. The number of hydrogen-bond donors (Lipinski definition) is 0. The van der Waals surface area contributed by atoms with Gasteiger partial charge in [0.1, 0.15) is 0 Å². The molecule has 2 heteroatoms. The van der Waals surface area contributed by atoms with Crippen LogP contribution in [-0.4, -0.2) is 5.75 Å². The summed E-state index contributed by atoms with van der Waals surface area (Å²) in [5, 5.41) is 8.74. The Bertz CT molecular complexity index is 603. The minimum absolute atomic E-state index is 0.720. The van der Waals surface area contributed by atoms with Gasteiger partial charge < -0.3 is 0 Å². The first-order valence-electron chi connectivity index (χ1n) is 6.58. The summed E-state index contributed by atoms with van der Waals surface area (Å²) < 4.78 is 0. The average Bonchev–Trinajstić information content (AvgIpc) is 2.49. The summed E-state index contributed by atoms with van der Waals surface area (Å²) in [5.74, 6) is 1.97. The number of hydrogen-bond acceptors (Lipinski definition) is 2. The van der Waals surface area contributed by atoms with Gasteiger partial charge in [-0.2, -0.15) is 17.0 Å². The Kier molecular flexibility index (Phi) is 5.46. The van der Waals surface area contributed by atoms with Crippen LogP contribution in [0.5, 0.6) is 0 Å². The Balaban J connectivity index is 1.75. The molecule has 0 atom stereocenters. The molecule has 2 aromatic carbocycles. The van der Waals surface area contributed by atoms with E-state index in [4.69, 9.17) is 5.26 Å². The average molecular weight is 279 g/mol. The highest BCUT2D eigenvalue weighted by Gasteiger charge is 1.94. The van der Waals surface area contributed by atoms with Gasteiger partial charge in [0.05, 0.1) is 11.6 Å². The highest BCUT2D eigenvalue weighted by Crippen LogP contribution is 2.14. The molecule has 0 aliphatic rings. The van der Waals surface area contributed by atoms with Crippen LogP contribution >= 0.6 is 11.8 Å². The summed E-state index contributed by atoms with van der Waals surface area (Å²) in [4.78, 5) is 0. The van der Waals surface area contributed by atoms with Crippen molar-refractivity contribution < 1.29 is 0 Å². The zero-order valence-electron chi connectivity index (χ0n) is 11.5. The van der Waals surface area contributed by atoms with E-state index in [1.807, 2.05) is 36.0 Å². The maximum Gasteiger partial charge on any atom is 0.0991 e. The van der Waals surface area contributed by atoms with Crippen molar-refractivity contribution in [2.75, 3.05) is 5.75 Å². The third kappa shape index (κ3) is 4.60. The van der Waals surface area contributed by atoms with Crippen LogP contribution in [0, 0.1) is 18.3 Å². The summed E-state index contributed by atoms with van der Waals surface area (Å²) in [6.07, 6.45) is 4.35. The molecule has 0 radical (unpaired) electrons. The fourth-order valence-electron chi connectivity index (χ4n) is 1.78. The van der Waals surface area contributed by atoms with Crippen LogP contribution < -0.4 is 0 Å². The summed E-state index contributed by atoms with van der Waals surface area (Å²) in [6, 6.07) is 18.5. The molecule has 0 saturated heterocycles. The molecule has 100 valence electrons.